The molecule has 0 radical (unpaired) electrons. The van der Waals surface area contributed by atoms with Gasteiger partial charge in [0.05, 0.1) is 8.07 Å². The molecule has 0 aliphatic carbocycles. The molecule has 180 valence electrons. The third kappa shape index (κ3) is 10.2. The van der Waals surface area contributed by atoms with Crippen molar-refractivity contribution in [2.24, 2.45) is 0 Å². The van der Waals surface area contributed by atoms with E-state index in [1.165, 1.54) is 50.7 Å². The fourth-order valence-corrected chi connectivity index (χ4v) is 6.82. The Morgan fingerprint density at radius 2 is 1.47 bits per heavy atom. The molecule has 0 amide bonds. The summed E-state index contributed by atoms with van der Waals surface area (Å²) in [6.07, 6.45) is 8.77. The van der Waals surface area contributed by atoms with E-state index >= 15 is 0 Å². The predicted molar refractivity (Wildman–Crippen MR) is 135 cm³/mol. The zero-order valence-electron chi connectivity index (χ0n) is 20.9. The van der Waals surface area contributed by atoms with Gasteiger partial charge in [-0.15, -0.1) is 0 Å². The first kappa shape index (κ1) is 28.2. The molecule has 0 aromatic heterocycles. The van der Waals surface area contributed by atoms with Crippen molar-refractivity contribution >= 4 is 20.0 Å². The van der Waals surface area contributed by atoms with Gasteiger partial charge in [0, 0.05) is 12.5 Å². The van der Waals surface area contributed by atoms with Crippen molar-refractivity contribution in [2.75, 3.05) is 0 Å². The molecule has 0 spiro atoms. The van der Waals surface area contributed by atoms with E-state index in [-0.39, 0.29) is 6.10 Å². The molecule has 0 heterocycles. The van der Waals surface area contributed by atoms with Crippen molar-refractivity contribution in [2.45, 2.75) is 110 Å². The molecular formula is C27H44O4Si. The monoisotopic (exact) mass is 460 g/mol. The third-order valence-electron chi connectivity index (χ3n) is 6.49. The van der Waals surface area contributed by atoms with Gasteiger partial charge in [0.1, 0.15) is 6.10 Å². The summed E-state index contributed by atoms with van der Waals surface area (Å²) in [6.45, 7) is 10.3. The normalized spacial score (nSPS) is 13.7. The predicted octanol–water partition coefficient (Wildman–Crippen LogP) is 7.56. The lowest BCUT2D eigenvalue weighted by Crippen LogP contribution is -2.30. The second-order valence-corrected chi connectivity index (χ2v) is 13.9. The van der Waals surface area contributed by atoms with Crippen LogP contribution in [0, 0.1) is 0 Å². The van der Waals surface area contributed by atoms with Crippen molar-refractivity contribution in [1.82, 2.24) is 0 Å². The average molecular weight is 461 g/mol. The lowest BCUT2D eigenvalue weighted by atomic mass is 10.1. The highest BCUT2D eigenvalue weighted by Gasteiger charge is 2.28. The zero-order valence-corrected chi connectivity index (χ0v) is 21.9. The number of benzene rings is 1. The highest BCUT2D eigenvalue weighted by Crippen LogP contribution is 2.25. The second-order valence-electron chi connectivity index (χ2n) is 8.71. The molecule has 5 heteroatoms. The van der Waals surface area contributed by atoms with Crippen LogP contribution in [0.3, 0.4) is 0 Å². The minimum absolute atomic E-state index is 0.285. The molecule has 0 saturated carbocycles. The Labute approximate surface area is 196 Å². The van der Waals surface area contributed by atoms with Crippen LogP contribution in [-0.4, -0.2) is 26.1 Å². The Hall–Kier alpha value is -1.88. The van der Waals surface area contributed by atoms with Crippen molar-refractivity contribution < 1.29 is 19.1 Å². The van der Waals surface area contributed by atoms with Gasteiger partial charge in [-0.1, -0.05) is 120 Å². The van der Waals surface area contributed by atoms with E-state index < -0.39 is 26.1 Å². The number of carbonyl (C=O) groups excluding carboxylic acids is 2. The standard InChI is InChI=1S/C27H44O4Si/c1-6-10-11-12-13-17-20-25(21-22-32(7-2,8-3)9-4)31-27(29)26(30-23(5)28)24-18-15-14-16-19-24/h14-16,18-19,21-22,25-26H,6-13,17,20H2,1-5H3/b22-21+/t25-,26-/m0/s1. The number of unbranched alkanes of at least 4 members (excludes halogenated alkanes) is 5. The highest BCUT2D eigenvalue weighted by molar-refractivity contribution is 6.84. The summed E-state index contributed by atoms with van der Waals surface area (Å²) in [6, 6.07) is 12.7. The van der Waals surface area contributed by atoms with E-state index in [4.69, 9.17) is 9.47 Å². The summed E-state index contributed by atoms with van der Waals surface area (Å²) in [7, 11) is -1.47. The lowest BCUT2D eigenvalue weighted by Gasteiger charge is -2.25. The number of esters is 2. The Morgan fingerprint density at radius 3 is 2.03 bits per heavy atom. The van der Waals surface area contributed by atoms with E-state index in [1.807, 2.05) is 18.2 Å². The molecule has 0 fully saturated rings. The van der Waals surface area contributed by atoms with E-state index in [0.717, 1.165) is 19.3 Å². The topological polar surface area (TPSA) is 52.6 Å². The zero-order chi connectivity index (χ0) is 23.8. The van der Waals surface area contributed by atoms with Crippen LogP contribution in [0.1, 0.15) is 91.2 Å². The maximum Gasteiger partial charge on any atom is 0.352 e. The van der Waals surface area contributed by atoms with Gasteiger partial charge in [-0.2, -0.15) is 0 Å². The van der Waals surface area contributed by atoms with E-state index in [2.05, 4.69) is 39.5 Å². The van der Waals surface area contributed by atoms with Crippen molar-refractivity contribution in [3.63, 3.8) is 0 Å². The second kappa shape index (κ2) is 15.8. The third-order valence-corrected chi connectivity index (χ3v) is 11.6. The fraction of sp³-hybridized carbons (Fsp3) is 0.630. The van der Waals surface area contributed by atoms with Crippen LogP contribution in [0.2, 0.25) is 18.1 Å². The Kier molecular flexibility index (Phi) is 13.9. The molecule has 32 heavy (non-hydrogen) atoms. The molecule has 0 aliphatic rings. The number of rotatable bonds is 16. The van der Waals surface area contributed by atoms with Gasteiger partial charge < -0.3 is 9.47 Å². The summed E-state index contributed by atoms with van der Waals surface area (Å²) in [5.41, 5.74) is 3.01. The van der Waals surface area contributed by atoms with Gasteiger partial charge in [0.15, 0.2) is 0 Å². The van der Waals surface area contributed by atoms with Gasteiger partial charge >= 0.3 is 11.9 Å². The minimum Gasteiger partial charge on any atom is -0.455 e. The molecule has 0 N–H and O–H groups in total. The van der Waals surface area contributed by atoms with Crippen LogP contribution < -0.4 is 0 Å². The maximum atomic E-state index is 13.1. The van der Waals surface area contributed by atoms with Gasteiger partial charge in [-0.3, -0.25) is 4.79 Å². The quantitative estimate of drug-likeness (QED) is 0.145. The molecule has 0 bridgehead atoms. The van der Waals surface area contributed by atoms with Crippen LogP contribution in [0.15, 0.2) is 42.1 Å². The molecule has 1 rings (SSSR count). The minimum atomic E-state index is -1.47. The highest BCUT2D eigenvalue weighted by atomic mass is 28.3. The molecule has 4 nitrogen and oxygen atoms in total. The summed E-state index contributed by atoms with van der Waals surface area (Å²) < 4.78 is 11.3. The summed E-state index contributed by atoms with van der Waals surface area (Å²) in [5, 5.41) is 0. The van der Waals surface area contributed by atoms with Gasteiger partial charge in [0.25, 0.3) is 0 Å². The van der Waals surface area contributed by atoms with E-state index in [0.29, 0.717) is 5.56 Å². The van der Waals surface area contributed by atoms with E-state index in [9.17, 15) is 9.59 Å². The Bertz CT molecular complexity index is 674. The van der Waals surface area contributed by atoms with Gasteiger partial charge in [-0.05, 0) is 12.8 Å². The lowest BCUT2D eigenvalue weighted by molar-refractivity contribution is -0.169. The van der Waals surface area contributed by atoms with Crippen molar-refractivity contribution in [3.8, 4) is 0 Å². The molecule has 0 saturated heterocycles. The molecule has 1 aromatic carbocycles. The summed E-state index contributed by atoms with van der Waals surface area (Å²) >= 11 is 0. The van der Waals surface area contributed by atoms with Crippen LogP contribution in [0.25, 0.3) is 0 Å². The number of hydrogen-bond acceptors (Lipinski definition) is 4. The van der Waals surface area contributed by atoms with Gasteiger partial charge in [-0.25, -0.2) is 4.79 Å². The molecule has 2 atom stereocenters. The summed E-state index contributed by atoms with van der Waals surface area (Å²) in [4.78, 5) is 24.7. The van der Waals surface area contributed by atoms with Gasteiger partial charge in [0.2, 0.25) is 6.10 Å². The molecular weight excluding hydrogens is 416 g/mol. The first-order valence-electron chi connectivity index (χ1n) is 12.5. The molecule has 0 unspecified atom stereocenters. The van der Waals surface area contributed by atoms with E-state index in [1.54, 1.807) is 12.1 Å². The fourth-order valence-electron chi connectivity index (χ4n) is 3.99. The Balaban J connectivity index is 2.95. The number of carbonyl (C=O) groups is 2. The maximum absolute atomic E-state index is 13.1. The van der Waals surface area contributed by atoms with Crippen molar-refractivity contribution in [3.05, 3.63) is 47.7 Å². The number of hydrogen-bond donors (Lipinski definition) is 0. The van der Waals surface area contributed by atoms with Crippen molar-refractivity contribution in [1.29, 1.82) is 0 Å². The largest absolute Gasteiger partial charge is 0.455 e. The summed E-state index contributed by atoms with van der Waals surface area (Å²) in [5.74, 6) is -0.989. The van der Waals surface area contributed by atoms with Crippen LogP contribution in [0.4, 0.5) is 0 Å². The first-order chi connectivity index (χ1) is 15.4. The molecule has 1 aromatic rings. The van der Waals surface area contributed by atoms with Crippen LogP contribution in [-0.2, 0) is 19.1 Å². The first-order valence-corrected chi connectivity index (χ1v) is 15.2. The SMILES string of the molecule is CCCCCCCC[C@@H](/C=C/[Si](CC)(CC)CC)OC(=O)[C@@H](OC(C)=O)c1ccccc1. The molecule has 0 aliphatic heterocycles. The average Bonchev–Trinajstić information content (AvgIpc) is 2.81. The number of ether oxygens (including phenoxy) is 2. The van der Waals surface area contributed by atoms with Crippen LogP contribution in [0.5, 0.6) is 0 Å². The Morgan fingerprint density at radius 1 is 0.875 bits per heavy atom. The smallest absolute Gasteiger partial charge is 0.352 e. The van der Waals surface area contributed by atoms with Crippen LogP contribution >= 0.6 is 0 Å².